The molecule has 0 bridgehead atoms. The van der Waals surface area contributed by atoms with Crippen molar-refractivity contribution in [2.24, 2.45) is 0 Å². The third-order valence-electron chi connectivity index (χ3n) is 4.13. The van der Waals surface area contributed by atoms with Gasteiger partial charge in [0.05, 0.1) is 10.1 Å². The Hall–Kier alpha value is -1.47. The number of hydrogen-bond acceptors (Lipinski definition) is 4. The van der Waals surface area contributed by atoms with Gasteiger partial charge in [-0.1, -0.05) is 0 Å². The summed E-state index contributed by atoms with van der Waals surface area (Å²) < 4.78 is 37.7. The number of halogens is 1. The SMILES string of the molecule is CC1CC(NC(=O)CC(C)S(=O)(=O)c2ccc(F)cc2)CCN1. The van der Waals surface area contributed by atoms with Crippen molar-refractivity contribution in [3.63, 3.8) is 0 Å². The number of carbonyl (C=O) groups is 1. The average Bonchev–Trinajstić information content (AvgIpc) is 2.47. The van der Waals surface area contributed by atoms with Gasteiger partial charge in [-0.2, -0.15) is 0 Å². The first-order chi connectivity index (χ1) is 10.8. The van der Waals surface area contributed by atoms with Crippen LogP contribution in [-0.4, -0.2) is 38.2 Å². The first-order valence-corrected chi connectivity index (χ1v) is 9.36. The molecule has 0 aromatic heterocycles. The molecule has 1 saturated heterocycles. The van der Waals surface area contributed by atoms with Gasteiger partial charge in [-0.15, -0.1) is 0 Å². The Morgan fingerprint density at radius 3 is 2.65 bits per heavy atom. The molecule has 7 heteroatoms. The van der Waals surface area contributed by atoms with E-state index in [0.29, 0.717) is 6.04 Å². The van der Waals surface area contributed by atoms with Crippen LogP contribution in [0.5, 0.6) is 0 Å². The number of rotatable bonds is 5. The van der Waals surface area contributed by atoms with Gasteiger partial charge in [-0.05, 0) is 57.5 Å². The number of benzene rings is 1. The summed E-state index contributed by atoms with van der Waals surface area (Å²) in [5.74, 6) is -0.753. The molecule has 2 rings (SSSR count). The van der Waals surface area contributed by atoms with Gasteiger partial charge in [-0.3, -0.25) is 4.79 Å². The summed E-state index contributed by atoms with van der Waals surface area (Å²) in [6, 6.07) is 5.10. The molecular weight excluding hydrogens is 319 g/mol. The number of carbonyl (C=O) groups excluding carboxylic acids is 1. The number of hydrogen-bond donors (Lipinski definition) is 2. The van der Waals surface area contributed by atoms with E-state index >= 15 is 0 Å². The quantitative estimate of drug-likeness (QED) is 0.798. The van der Waals surface area contributed by atoms with Crippen molar-refractivity contribution in [1.82, 2.24) is 10.6 Å². The maximum atomic E-state index is 12.9. The zero-order valence-corrected chi connectivity index (χ0v) is 14.2. The summed E-state index contributed by atoms with van der Waals surface area (Å²) in [7, 11) is -3.64. The molecule has 3 atom stereocenters. The van der Waals surface area contributed by atoms with E-state index in [1.165, 1.54) is 19.1 Å². The molecule has 0 radical (unpaired) electrons. The van der Waals surface area contributed by atoms with Crippen LogP contribution >= 0.6 is 0 Å². The zero-order valence-electron chi connectivity index (χ0n) is 13.4. The lowest BCUT2D eigenvalue weighted by molar-refractivity contribution is -0.121. The van der Waals surface area contributed by atoms with Crippen LogP contribution in [0.4, 0.5) is 4.39 Å². The van der Waals surface area contributed by atoms with Crippen molar-refractivity contribution in [1.29, 1.82) is 0 Å². The summed E-state index contributed by atoms with van der Waals surface area (Å²) in [6.45, 7) is 4.40. The Bertz CT molecular complexity index is 646. The fourth-order valence-electron chi connectivity index (χ4n) is 2.78. The highest BCUT2D eigenvalue weighted by Crippen LogP contribution is 2.19. The summed E-state index contributed by atoms with van der Waals surface area (Å²) >= 11 is 0. The molecule has 5 nitrogen and oxygen atoms in total. The van der Waals surface area contributed by atoms with Gasteiger partial charge >= 0.3 is 0 Å². The van der Waals surface area contributed by atoms with E-state index in [2.05, 4.69) is 17.6 Å². The minimum absolute atomic E-state index is 0.0367. The van der Waals surface area contributed by atoms with Crippen molar-refractivity contribution in [3.05, 3.63) is 30.1 Å². The third kappa shape index (κ3) is 4.75. The second-order valence-corrected chi connectivity index (χ2v) is 8.52. The molecule has 23 heavy (non-hydrogen) atoms. The summed E-state index contributed by atoms with van der Waals surface area (Å²) in [5.41, 5.74) is 0. The maximum absolute atomic E-state index is 12.9. The minimum Gasteiger partial charge on any atom is -0.353 e. The normalized spacial score (nSPS) is 23.3. The van der Waals surface area contributed by atoms with E-state index in [4.69, 9.17) is 0 Å². The summed E-state index contributed by atoms with van der Waals surface area (Å²) in [5, 5.41) is 5.35. The van der Waals surface area contributed by atoms with E-state index in [1.54, 1.807) is 0 Å². The molecular formula is C16H23FN2O3S. The van der Waals surface area contributed by atoms with Crippen LogP contribution in [0, 0.1) is 5.82 Å². The van der Waals surface area contributed by atoms with Crippen molar-refractivity contribution in [3.8, 4) is 0 Å². The fourth-order valence-corrected chi connectivity index (χ4v) is 4.13. The largest absolute Gasteiger partial charge is 0.353 e. The second-order valence-electron chi connectivity index (χ2n) is 6.16. The number of sulfone groups is 1. The van der Waals surface area contributed by atoms with Gasteiger partial charge in [0.15, 0.2) is 9.84 Å². The van der Waals surface area contributed by atoms with Crippen molar-refractivity contribution in [2.75, 3.05) is 6.54 Å². The van der Waals surface area contributed by atoms with Gasteiger partial charge in [0.2, 0.25) is 5.91 Å². The highest BCUT2D eigenvalue weighted by atomic mass is 32.2. The smallest absolute Gasteiger partial charge is 0.221 e. The minimum atomic E-state index is -3.64. The second kappa shape index (κ2) is 7.40. The summed E-state index contributed by atoms with van der Waals surface area (Å²) in [4.78, 5) is 12.1. The molecule has 1 aliphatic rings. The Balaban J connectivity index is 1.95. The van der Waals surface area contributed by atoms with Crippen LogP contribution in [0.25, 0.3) is 0 Å². The van der Waals surface area contributed by atoms with Crippen molar-refractivity contribution in [2.45, 2.75) is 55.3 Å². The predicted molar refractivity (Wildman–Crippen MR) is 86.3 cm³/mol. The van der Waals surface area contributed by atoms with Crippen LogP contribution in [0.1, 0.15) is 33.1 Å². The fraction of sp³-hybridized carbons (Fsp3) is 0.562. The highest BCUT2D eigenvalue weighted by molar-refractivity contribution is 7.92. The van der Waals surface area contributed by atoms with Crippen LogP contribution in [0.15, 0.2) is 29.2 Å². The highest BCUT2D eigenvalue weighted by Gasteiger charge is 2.27. The lowest BCUT2D eigenvalue weighted by Crippen LogP contribution is -2.47. The van der Waals surface area contributed by atoms with E-state index in [-0.39, 0.29) is 23.3 Å². The monoisotopic (exact) mass is 342 g/mol. The Kier molecular flexibility index (Phi) is 5.75. The molecule has 1 amide bonds. The van der Waals surface area contributed by atoms with E-state index in [0.717, 1.165) is 31.5 Å². The lowest BCUT2D eigenvalue weighted by atomic mass is 10.0. The van der Waals surface area contributed by atoms with E-state index in [1.807, 2.05) is 0 Å². The van der Waals surface area contributed by atoms with Crippen LogP contribution in [0.2, 0.25) is 0 Å². The van der Waals surface area contributed by atoms with Gasteiger partial charge < -0.3 is 10.6 Å². The molecule has 1 aromatic carbocycles. The first-order valence-electron chi connectivity index (χ1n) is 7.81. The number of nitrogens with one attached hydrogen (secondary N) is 2. The van der Waals surface area contributed by atoms with E-state index in [9.17, 15) is 17.6 Å². The maximum Gasteiger partial charge on any atom is 0.221 e. The molecule has 1 heterocycles. The average molecular weight is 342 g/mol. The molecule has 1 aliphatic heterocycles. The topological polar surface area (TPSA) is 75.3 Å². The van der Waals surface area contributed by atoms with Crippen molar-refractivity contribution >= 4 is 15.7 Å². The molecule has 0 spiro atoms. The van der Waals surface area contributed by atoms with Gasteiger partial charge in [-0.25, -0.2) is 12.8 Å². The zero-order chi connectivity index (χ0) is 17.0. The molecule has 1 fully saturated rings. The molecule has 3 unspecified atom stereocenters. The van der Waals surface area contributed by atoms with E-state index < -0.39 is 20.9 Å². The first kappa shape index (κ1) is 17.9. The molecule has 128 valence electrons. The third-order valence-corrected chi connectivity index (χ3v) is 6.29. The number of piperidine rings is 1. The predicted octanol–water partition coefficient (Wildman–Crippen LogP) is 1.63. The van der Waals surface area contributed by atoms with Crippen LogP contribution < -0.4 is 10.6 Å². The molecule has 0 saturated carbocycles. The Morgan fingerprint density at radius 1 is 1.39 bits per heavy atom. The molecule has 2 N–H and O–H groups in total. The van der Waals surface area contributed by atoms with Gasteiger partial charge in [0.1, 0.15) is 5.82 Å². The van der Waals surface area contributed by atoms with Crippen LogP contribution in [0.3, 0.4) is 0 Å². The van der Waals surface area contributed by atoms with Gasteiger partial charge in [0.25, 0.3) is 0 Å². The standard InChI is InChI=1S/C16H23FN2O3S/c1-11-9-14(7-8-18-11)19-16(20)10-12(2)23(21,22)15-5-3-13(17)4-6-15/h3-6,11-12,14,18H,7-10H2,1-2H3,(H,19,20). The summed E-state index contributed by atoms with van der Waals surface area (Å²) in [6.07, 6.45) is 1.58. The van der Waals surface area contributed by atoms with Gasteiger partial charge in [0, 0.05) is 18.5 Å². The van der Waals surface area contributed by atoms with Crippen LogP contribution in [-0.2, 0) is 14.6 Å². The number of amides is 1. The molecule has 1 aromatic rings. The Labute approximate surface area is 136 Å². The van der Waals surface area contributed by atoms with Crippen molar-refractivity contribution < 1.29 is 17.6 Å². The lowest BCUT2D eigenvalue weighted by Gasteiger charge is -2.29. The Morgan fingerprint density at radius 2 is 2.04 bits per heavy atom. The molecule has 0 aliphatic carbocycles.